The van der Waals surface area contributed by atoms with Crippen molar-refractivity contribution in [1.82, 2.24) is 4.90 Å². The number of methoxy groups -OCH3 is 1. The number of likely N-dealkylation sites (tertiary alicyclic amines) is 1. The molecule has 0 atom stereocenters. The first-order chi connectivity index (χ1) is 9.65. The summed E-state index contributed by atoms with van der Waals surface area (Å²) >= 11 is 3.44. The van der Waals surface area contributed by atoms with E-state index >= 15 is 0 Å². The van der Waals surface area contributed by atoms with Crippen LogP contribution in [-0.2, 0) is 4.74 Å². The smallest absolute Gasteiger partial charge is 0.255 e. The predicted molar refractivity (Wildman–Crippen MR) is 81.2 cm³/mol. The van der Waals surface area contributed by atoms with Gasteiger partial charge in [0.05, 0.1) is 18.8 Å². The summed E-state index contributed by atoms with van der Waals surface area (Å²) in [6.07, 6.45) is 2.10. The molecule has 1 aromatic rings. The zero-order valence-electron chi connectivity index (χ0n) is 11.9. The minimum atomic E-state index is 0.0470. The molecule has 2 rings (SSSR count). The van der Waals surface area contributed by atoms with Crippen LogP contribution in [0.1, 0.15) is 30.1 Å². The Labute approximate surface area is 128 Å². The number of amides is 1. The van der Waals surface area contributed by atoms with Crippen LogP contribution >= 0.6 is 15.9 Å². The molecular formula is C15H20BrNO3. The third kappa shape index (κ3) is 3.52. The topological polar surface area (TPSA) is 38.8 Å². The van der Waals surface area contributed by atoms with Crippen LogP contribution in [0.4, 0.5) is 0 Å². The largest absolute Gasteiger partial charge is 0.497 e. The molecular weight excluding hydrogens is 322 g/mol. The fraction of sp³-hybridized carbons (Fsp3) is 0.533. The second-order valence-corrected chi connectivity index (χ2v) is 5.65. The summed E-state index contributed by atoms with van der Waals surface area (Å²) in [5.41, 5.74) is 0.652. The SMILES string of the molecule is CCOC1CCN(C(=O)c2cc(OC)ccc2Br)CC1. The first kappa shape index (κ1) is 15.3. The van der Waals surface area contributed by atoms with Gasteiger partial charge in [0.1, 0.15) is 5.75 Å². The number of carbonyl (C=O) groups excluding carboxylic acids is 1. The summed E-state index contributed by atoms with van der Waals surface area (Å²) in [5.74, 6) is 0.742. The summed E-state index contributed by atoms with van der Waals surface area (Å²) in [4.78, 5) is 14.4. The van der Waals surface area contributed by atoms with Crippen molar-refractivity contribution in [2.75, 3.05) is 26.8 Å². The second kappa shape index (κ2) is 7.09. The summed E-state index contributed by atoms with van der Waals surface area (Å²) in [5, 5.41) is 0. The van der Waals surface area contributed by atoms with Crippen molar-refractivity contribution in [1.29, 1.82) is 0 Å². The molecule has 1 saturated heterocycles. The number of hydrogen-bond donors (Lipinski definition) is 0. The quantitative estimate of drug-likeness (QED) is 0.844. The van der Waals surface area contributed by atoms with Crippen molar-refractivity contribution in [2.45, 2.75) is 25.9 Å². The van der Waals surface area contributed by atoms with E-state index < -0.39 is 0 Å². The minimum absolute atomic E-state index is 0.0470. The molecule has 1 aliphatic heterocycles. The van der Waals surface area contributed by atoms with Gasteiger partial charge >= 0.3 is 0 Å². The van der Waals surface area contributed by atoms with Gasteiger partial charge in [0.25, 0.3) is 5.91 Å². The van der Waals surface area contributed by atoms with Crippen molar-refractivity contribution in [3.8, 4) is 5.75 Å². The Morgan fingerprint density at radius 2 is 2.10 bits per heavy atom. The molecule has 0 spiro atoms. The summed E-state index contributed by atoms with van der Waals surface area (Å²) in [6.45, 7) is 4.23. The maximum atomic E-state index is 12.6. The zero-order chi connectivity index (χ0) is 14.5. The number of hydrogen-bond acceptors (Lipinski definition) is 3. The van der Waals surface area contributed by atoms with Gasteiger partial charge < -0.3 is 14.4 Å². The highest BCUT2D eigenvalue weighted by atomic mass is 79.9. The third-order valence-electron chi connectivity index (χ3n) is 3.54. The average Bonchev–Trinajstić information content (AvgIpc) is 2.48. The lowest BCUT2D eigenvalue weighted by molar-refractivity contribution is 0.0145. The van der Waals surface area contributed by atoms with Crippen molar-refractivity contribution >= 4 is 21.8 Å². The molecule has 0 radical (unpaired) electrons. The van der Waals surface area contributed by atoms with Gasteiger partial charge in [0.2, 0.25) is 0 Å². The Balaban J connectivity index is 2.05. The predicted octanol–water partition coefficient (Wildman–Crippen LogP) is 3.10. The zero-order valence-corrected chi connectivity index (χ0v) is 13.5. The van der Waals surface area contributed by atoms with Crippen LogP contribution in [0.5, 0.6) is 5.75 Å². The Kier molecular flexibility index (Phi) is 5.43. The van der Waals surface area contributed by atoms with E-state index in [9.17, 15) is 4.79 Å². The van der Waals surface area contributed by atoms with E-state index in [0.717, 1.165) is 37.0 Å². The highest BCUT2D eigenvalue weighted by Crippen LogP contribution is 2.25. The van der Waals surface area contributed by atoms with E-state index in [1.165, 1.54) is 0 Å². The van der Waals surface area contributed by atoms with E-state index in [1.54, 1.807) is 13.2 Å². The molecule has 1 amide bonds. The molecule has 0 saturated carbocycles. The van der Waals surface area contributed by atoms with Crippen molar-refractivity contribution in [2.24, 2.45) is 0 Å². The minimum Gasteiger partial charge on any atom is -0.497 e. The van der Waals surface area contributed by atoms with Gasteiger partial charge in [-0.05, 0) is 53.9 Å². The molecule has 0 bridgehead atoms. The first-order valence-corrected chi connectivity index (χ1v) is 7.69. The Hall–Kier alpha value is -1.07. The molecule has 0 N–H and O–H groups in total. The highest BCUT2D eigenvalue weighted by Gasteiger charge is 2.25. The van der Waals surface area contributed by atoms with Crippen LogP contribution in [0.25, 0.3) is 0 Å². The molecule has 1 aromatic carbocycles. The number of halogens is 1. The number of benzene rings is 1. The van der Waals surface area contributed by atoms with E-state index in [2.05, 4.69) is 15.9 Å². The average molecular weight is 342 g/mol. The van der Waals surface area contributed by atoms with Crippen LogP contribution in [0.3, 0.4) is 0 Å². The molecule has 0 unspecified atom stereocenters. The van der Waals surface area contributed by atoms with Crippen LogP contribution < -0.4 is 4.74 Å². The van der Waals surface area contributed by atoms with Gasteiger partial charge in [0, 0.05) is 24.2 Å². The van der Waals surface area contributed by atoms with E-state index in [0.29, 0.717) is 11.3 Å². The van der Waals surface area contributed by atoms with Crippen LogP contribution in [0.15, 0.2) is 22.7 Å². The van der Waals surface area contributed by atoms with Crippen LogP contribution in [-0.4, -0.2) is 43.7 Å². The van der Waals surface area contributed by atoms with Gasteiger partial charge in [-0.15, -0.1) is 0 Å². The number of rotatable bonds is 4. The van der Waals surface area contributed by atoms with Gasteiger partial charge in [-0.3, -0.25) is 4.79 Å². The monoisotopic (exact) mass is 341 g/mol. The van der Waals surface area contributed by atoms with Gasteiger partial charge in [0.15, 0.2) is 0 Å². The number of nitrogens with zero attached hydrogens (tertiary/aromatic N) is 1. The van der Waals surface area contributed by atoms with Gasteiger partial charge in [-0.2, -0.15) is 0 Å². The molecule has 1 heterocycles. The summed E-state index contributed by atoms with van der Waals surface area (Å²) < 4.78 is 11.6. The Bertz CT molecular complexity index is 470. The van der Waals surface area contributed by atoms with Gasteiger partial charge in [-0.1, -0.05) is 0 Å². The molecule has 0 aromatic heterocycles. The number of piperidine rings is 1. The lowest BCUT2D eigenvalue weighted by Crippen LogP contribution is -2.41. The number of carbonyl (C=O) groups is 1. The highest BCUT2D eigenvalue weighted by molar-refractivity contribution is 9.10. The molecule has 4 nitrogen and oxygen atoms in total. The molecule has 20 heavy (non-hydrogen) atoms. The maximum absolute atomic E-state index is 12.6. The Morgan fingerprint density at radius 3 is 2.70 bits per heavy atom. The summed E-state index contributed by atoms with van der Waals surface area (Å²) in [7, 11) is 1.60. The second-order valence-electron chi connectivity index (χ2n) is 4.79. The molecule has 110 valence electrons. The summed E-state index contributed by atoms with van der Waals surface area (Å²) in [6, 6.07) is 5.46. The fourth-order valence-electron chi connectivity index (χ4n) is 2.43. The van der Waals surface area contributed by atoms with Crippen molar-refractivity contribution < 1.29 is 14.3 Å². The standard InChI is InChI=1S/C15H20BrNO3/c1-3-20-11-6-8-17(9-7-11)15(18)13-10-12(19-2)4-5-14(13)16/h4-5,10-11H,3,6-9H2,1-2H3. The Morgan fingerprint density at radius 1 is 1.40 bits per heavy atom. The first-order valence-electron chi connectivity index (χ1n) is 6.90. The van der Waals surface area contributed by atoms with E-state index in [1.807, 2.05) is 24.0 Å². The van der Waals surface area contributed by atoms with Gasteiger partial charge in [-0.25, -0.2) is 0 Å². The molecule has 0 aliphatic carbocycles. The van der Waals surface area contributed by atoms with E-state index in [4.69, 9.17) is 9.47 Å². The fourth-order valence-corrected chi connectivity index (χ4v) is 2.84. The third-order valence-corrected chi connectivity index (χ3v) is 4.23. The van der Waals surface area contributed by atoms with Crippen molar-refractivity contribution in [3.63, 3.8) is 0 Å². The van der Waals surface area contributed by atoms with Crippen LogP contribution in [0, 0.1) is 0 Å². The lowest BCUT2D eigenvalue weighted by Gasteiger charge is -2.32. The molecule has 1 fully saturated rings. The number of ether oxygens (including phenoxy) is 2. The molecule has 5 heteroatoms. The lowest BCUT2D eigenvalue weighted by atomic mass is 10.1. The normalized spacial score (nSPS) is 16.2. The van der Waals surface area contributed by atoms with Crippen molar-refractivity contribution in [3.05, 3.63) is 28.2 Å². The maximum Gasteiger partial charge on any atom is 0.255 e. The molecule has 1 aliphatic rings. The van der Waals surface area contributed by atoms with E-state index in [-0.39, 0.29) is 12.0 Å². The van der Waals surface area contributed by atoms with Crippen LogP contribution in [0.2, 0.25) is 0 Å².